The lowest BCUT2D eigenvalue weighted by Gasteiger charge is -2.13. The molecule has 8 nitrogen and oxygen atoms in total. The molecule has 1 aromatic heterocycles. The molecule has 0 atom stereocenters. The van der Waals surface area contributed by atoms with Crippen LogP contribution in [-0.2, 0) is 19.1 Å². The fourth-order valence-corrected chi connectivity index (χ4v) is 3.74. The number of hydrogen-bond donors (Lipinski definition) is 0. The van der Waals surface area contributed by atoms with Gasteiger partial charge in [-0.15, -0.1) is 0 Å². The Balaban J connectivity index is 1.79. The van der Waals surface area contributed by atoms with Crippen molar-refractivity contribution in [2.75, 3.05) is 13.7 Å². The monoisotopic (exact) mass is 463 g/mol. The number of rotatable bonds is 6. The Morgan fingerprint density at radius 3 is 2.65 bits per heavy atom. The highest BCUT2D eigenvalue weighted by Crippen LogP contribution is 2.34. The van der Waals surface area contributed by atoms with E-state index in [-0.39, 0.29) is 21.6 Å². The van der Waals surface area contributed by atoms with E-state index >= 15 is 0 Å². The van der Waals surface area contributed by atoms with Gasteiger partial charge in [0.15, 0.2) is 0 Å². The fourth-order valence-electron chi connectivity index (χ4n) is 2.73. The maximum atomic E-state index is 12.5. The van der Waals surface area contributed by atoms with Gasteiger partial charge < -0.3 is 13.9 Å². The molecule has 1 aliphatic rings. The Morgan fingerprint density at radius 1 is 1.23 bits per heavy atom. The number of benzene rings is 1. The highest BCUT2D eigenvalue weighted by molar-refractivity contribution is 8.18. The normalized spacial score (nSPS) is 15.1. The summed E-state index contributed by atoms with van der Waals surface area (Å²) in [5, 5.41) is -0.323. The van der Waals surface area contributed by atoms with Gasteiger partial charge in [0.1, 0.15) is 18.1 Å². The summed E-state index contributed by atoms with van der Waals surface area (Å²) in [7, 11) is 1.26. The van der Waals surface area contributed by atoms with Crippen molar-refractivity contribution in [3.8, 4) is 11.3 Å². The first kappa shape index (κ1) is 22.6. The molecule has 1 aliphatic heterocycles. The molecule has 0 bridgehead atoms. The highest BCUT2D eigenvalue weighted by atomic mass is 35.5. The van der Waals surface area contributed by atoms with Gasteiger partial charge in [-0.05, 0) is 55.9 Å². The standard InChI is InChI=1S/C21H18ClNO7S/c1-11(2)29-18(24)10-23-19(25)17(31-21(23)27)9-13-5-7-16(30-13)12-4-6-15(22)14(8-12)20(26)28-3/h4-9,11H,10H2,1-3H3/b17-9-. The van der Waals surface area contributed by atoms with Crippen molar-refractivity contribution < 1.29 is 33.1 Å². The predicted octanol–water partition coefficient (Wildman–Crippen LogP) is 4.37. The fraction of sp³-hybridized carbons (Fsp3) is 0.238. The van der Waals surface area contributed by atoms with Gasteiger partial charge in [0.2, 0.25) is 0 Å². The molecule has 2 amide bonds. The lowest BCUT2D eigenvalue weighted by molar-refractivity contribution is -0.149. The van der Waals surface area contributed by atoms with Crippen LogP contribution in [0.3, 0.4) is 0 Å². The van der Waals surface area contributed by atoms with Crippen LogP contribution >= 0.6 is 23.4 Å². The molecule has 10 heteroatoms. The molecule has 2 aromatic rings. The average Bonchev–Trinajstić information content (AvgIpc) is 3.27. The molecule has 31 heavy (non-hydrogen) atoms. The van der Waals surface area contributed by atoms with Crippen LogP contribution in [0.2, 0.25) is 5.02 Å². The lowest BCUT2D eigenvalue weighted by atomic mass is 10.1. The zero-order chi connectivity index (χ0) is 22.7. The lowest BCUT2D eigenvalue weighted by Crippen LogP contribution is -2.35. The van der Waals surface area contributed by atoms with E-state index in [1.807, 2.05) is 0 Å². The van der Waals surface area contributed by atoms with Crippen molar-refractivity contribution in [3.63, 3.8) is 0 Å². The summed E-state index contributed by atoms with van der Waals surface area (Å²) >= 11 is 6.74. The number of ether oxygens (including phenoxy) is 2. The van der Waals surface area contributed by atoms with Crippen LogP contribution < -0.4 is 0 Å². The molecule has 1 fully saturated rings. The van der Waals surface area contributed by atoms with E-state index in [2.05, 4.69) is 0 Å². The number of carbonyl (C=O) groups excluding carboxylic acids is 4. The smallest absolute Gasteiger partial charge is 0.339 e. The molecule has 0 saturated carbocycles. The molecule has 3 rings (SSSR count). The number of nitrogens with zero attached hydrogens (tertiary/aromatic N) is 1. The minimum Gasteiger partial charge on any atom is -0.465 e. The van der Waals surface area contributed by atoms with Crippen molar-refractivity contribution in [2.45, 2.75) is 20.0 Å². The second-order valence-electron chi connectivity index (χ2n) is 6.69. The van der Waals surface area contributed by atoms with Crippen LogP contribution in [0, 0.1) is 0 Å². The molecule has 1 aromatic carbocycles. The van der Waals surface area contributed by atoms with Crippen molar-refractivity contribution in [1.29, 1.82) is 0 Å². The maximum absolute atomic E-state index is 12.5. The van der Waals surface area contributed by atoms with E-state index in [9.17, 15) is 19.2 Å². The summed E-state index contributed by atoms with van der Waals surface area (Å²) in [6, 6.07) is 8.02. The second-order valence-corrected chi connectivity index (χ2v) is 8.10. The maximum Gasteiger partial charge on any atom is 0.339 e. The quantitative estimate of drug-likeness (QED) is 0.459. The van der Waals surface area contributed by atoms with Gasteiger partial charge in [-0.3, -0.25) is 19.3 Å². The van der Waals surface area contributed by atoms with Crippen LogP contribution in [0.1, 0.15) is 30.0 Å². The Kier molecular flexibility index (Phi) is 6.87. The van der Waals surface area contributed by atoms with E-state index in [1.54, 1.807) is 38.1 Å². The first-order chi connectivity index (χ1) is 14.7. The largest absolute Gasteiger partial charge is 0.465 e. The molecular weight excluding hydrogens is 446 g/mol. The van der Waals surface area contributed by atoms with Crippen molar-refractivity contribution in [3.05, 3.63) is 51.6 Å². The molecule has 0 unspecified atom stereocenters. The molecule has 0 spiro atoms. The molecule has 0 N–H and O–H groups in total. The first-order valence-electron chi connectivity index (χ1n) is 9.12. The molecule has 2 heterocycles. The topological polar surface area (TPSA) is 103 Å². The zero-order valence-electron chi connectivity index (χ0n) is 16.8. The summed E-state index contributed by atoms with van der Waals surface area (Å²) in [5.74, 6) is -1.10. The minimum absolute atomic E-state index is 0.120. The third-order valence-electron chi connectivity index (χ3n) is 4.08. The number of amides is 2. The second kappa shape index (κ2) is 9.40. The summed E-state index contributed by atoms with van der Waals surface area (Å²) in [6.07, 6.45) is 1.07. The number of imide groups is 1. The van der Waals surface area contributed by atoms with Gasteiger partial charge in [-0.2, -0.15) is 0 Å². The molecule has 1 saturated heterocycles. The van der Waals surface area contributed by atoms with Crippen LogP contribution in [0.15, 0.2) is 39.7 Å². The summed E-state index contributed by atoms with van der Waals surface area (Å²) in [4.78, 5) is 49.2. The minimum atomic E-state index is -0.664. The first-order valence-corrected chi connectivity index (χ1v) is 10.3. The van der Waals surface area contributed by atoms with Crippen molar-refractivity contribution in [1.82, 2.24) is 4.90 Å². The van der Waals surface area contributed by atoms with E-state index < -0.39 is 29.6 Å². The Bertz CT molecular complexity index is 1090. The van der Waals surface area contributed by atoms with E-state index in [4.69, 9.17) is 25.5 Å². The summed E-state index contributed by atoms with van der Waals surface area (Å²) < 4.78 is 15.4. The number of esters is 2. The Labute approximate surface area is 187 Å². The van der Waals surface area contributed by atoms with E-state index in [1.165, 1.54) is 19.3 Å². The molecular formula is C21H18ClNO7S. The van der Waals surface area contributed by atoms with Gasteiger partial charge in [-0.25, -0.2) is 4.79 Å². The number of hydrogen-bond acceptors (Lipinski definition) is 8. The van der Waals surface area contributed by atoms with E-state index in [0.717, 1.165) is 4.90 Å². The molecule has 0 aliphatic carbocycles. The molecule has 0 radical (unpaired) electrons. The van der Waals surface area contributed by atoms with Crippen molar-refractivity contribution in [2.24, 2.45) is 0 Å². The van der Waals surface area contributed by atoms with Gasteiger partial charge >= 0.3 is 11.9 Å². The van der Waals surface area contributed by atoms with Crippen LogP contribution in [0.5, 0.6) is 0 Å². The zero-order valence-corrected chi connectivity index (χ0v) is 18.4. The van der Waals surface area contributed by atoms with Gasteiger partial charge in [0.05, 0.1) is 28.7 Å². The van der Waals surface area contributed by atoms with Crippen LogP contribution in [0.4, 0.5) is 4.79 Å². The summed E-state index contributed by atoms with van der Waals surface area (Å²) in [5.41, 5.74) is 0.767. The van der Waals surface area contributed by atoms with Gasteiger partial charge in [0, 0.05) is 11.6 Å². The number of carbonyl (C=O) groups is 4. The Morgan fingerprint density at radius 2 is 1.97 bits per heavy atom. The Hall–Kier alpha value is -3.04. The number of methoxy groups -OCH3 is 1. The molecule has 162 valence electrons. The highest BCUT2D eigenvalue weighted by Gasteiger charge is 2.37. The predicted molar refractivity (Wildman–Crippen MR) is 114 cm³/mol. The third-order valence-corrected chi connectivity index (χ3v) is 5.32. The SMILES string of the molecule is COC(=O)c1cc(-c2ccc(/C=C3\SC(=O)N(CC(=O)OC(C)C)C3=O)o2)ccc1Cl. The average molecular weight is 464 g/mol. The van der Waals surface area contributed by atoms with Gasteiger partial charge in [-0.1, -0.05) is 11.6 Å². The van der Waals surface area contributed by atoms with Gasteiger partial charge in [0.25, 0.3) is 11.1 Å². The third kappa shape index (κ3) is 5.18. The number of thioether (sulfide) groups is 1. The van der Waals surface area contributed by atoms with Crippen molar-refractivity contribution >= 4 is 52.5 Å². The number of halogens is 1. The summed E-state index contributed by atoms with van der Waals surface area (Å²) in [6.45, 7) is 2.90. The van der Waals surface area contributed by atoms with Crippen LogP contribution in [0.25, 0.3) is 17.4 Å². The van der Waals surface area contributed by atoms with E-state index in [0.29, 0.717) is 28.8 Å². The number of furan rings is 1. The van der Waals surface area contributed by atoms with Crippen LogP contribution in [-0.4, -0.2) is 47.7 Å².